The van der Waals surface area contributed by atoms with Gasteiger partial charge in [-0.3, -0.25) is 48.2 Å². The van der Waals surface area contributed by atoms with Crippen LogP contribution in [0.3, 0.4) is 0 Å². The average molecular weight is 1210 g/mol. The topological polar surface area (TPSA) is 300 Å². The van der Waals surface area contributed by atoms with E-state index in [1.165, 1.54) is 37.7 Å². The molecule has 0 unspecified atom stereocenters. The minimum Gasteiger partial charge on any atom is -0.444 e. The number of amides is 10. The number of aryl methyl sites for hydroxylation is 2. The van der Waals surface area contributed by atoms with E-state index >= 15 is 0 Å². The molecule has 2 heterocycles. The van der Waals surface area contributed by atoms with Gasteiger partial charge in [0, 0.05) is 58.7 Å². The van der Waals surface area contributed by atoms with Gasteiger partial charge >= 0.3 is 12.2 Å². The fourth-order valence-electron chi connectivity index (χ4n) is 11.6. The number of hydrogen-bond donors (Lipinski definition) is 7. The van der Waals surface area contributed by atoms with E-state index in [4.69, 9.17) is 15.2 Å². The quantitative estimate of drug-likeness (QED) is 0.0813. The summed E-state index contributed by atoms with van der Waals surface area (Å²) in [6, 6.07) is 7.83. The summed E-state index contributed by atoms with van der Waals surface area (Å²) >= 11 is 0. The van der Waals surface area contributed by atoms with Gasteiger partial charge in [0.2, 0.25) is 47.3 Å². The van der Waals surface area contributed by atoms with Crippen molar-refractivity contribution in [2.24, 2.45) is 11.1 Å². The highest BCUT2D eigenvalue weighted by atomic mass is 16.6. The molecule has 2 aliphatic heterocycles. The molecule has 2 fully saturated rings. The number of carbonyl (C=O) groups is 10. The predicted octanol–water partition coefficient (Wildman–Crippen LogP) is 4.98. The molecule has 2 saturated heterocycles. The van der Waals surface area contributed by atoms with E-state index in [1.54, 1.807) is 62.3 Å². The Balaban J connectivity index is 1.07. The molecule has 23 nitrogen and oxygen atoms in total. The van der Waals surface area contributed by atoms with E-state index in [2.05, 4.69) is 31.9 Å². The number of carbonyl (C=O) groups excluding carboxylic acids is 10. The molecule has 0 saturated carbocycles. The third kappa shape index (κ3) is 19.1. The van der Waals surface area contributed by atoms with Crippen molar-refractivity contribution < 1.29 is 57.4 Å². The molecule has 10 amide bonds. The van der Waals surface area contributed by atoms with Crippen molar-refractivity contribution >= 4 is 59.4 Å². The molecule has 2 aromatic carbocycles. The molecule has 8 N–H and O–H groups in total. The summed E-state index contributed by atoms with van der Waals surface area (Å²) in [4.78, 5) is 144. The molecule has 0 spiro atoms. The summed E-state index contributed by atoms with van der Waals surface area (Å²) < 4.78 is 11.0. The summed E-state index contributed by atoms with van der Waals surface area (Å²) in [6.45, 7) is 18.8. The molecule has 480 valence electrons. The van der Waals surface area contributed by atoms with E-state index in [0.29, 0.717) is 6.42 Å². The maximum atomic E-state index is 14.9. The van der Waals surface area contributed by atoms with Crippen LogP contribution in [0.1, 0.15) is 181 Å². The zero-order valence-electron chi connectivity index (χ0n) is 53.5. The maximum Gasteiger partial charge on any atom is 0.410 e. The smallest absolute Gasteiger partial charge is 0.410 e. The lowest BCUT2D eigenvalue weighted by molar-refractivity contribution is -0.144. The molecular formula is C64H97N11O12. The first-order valence-corrected chi connectivity index (χ1v) is 30.9. The highest BCUT2D eigenvalue weighted by molar-refractivity contribution is 5.96. The van der Waals surface area contributed by atoms with Crippen LogP contribution < -0.4 is 37.6 Å². The fraction of sp³-hybridized carbons (Fsp3) is 0.656. The van der Waals surface area contributed by atoms with Crippen LogP contribution in [0.2, 0.25) is 0 Å². The normalized spacial score (nSPS) is 21.5. The minimum atomic E-state index is -1.17. The van der Waals surface area contributed by atoms with Gasteiger partial charge in [-0.1, -0.05) is 69.3 Å². The first kappa shape index (κ1) is 68.8. The van der Waals surface area contributed by atoms with Crippen molar-refractivity contribution in [3.05, 3.63) is 70.8 Å². The van der Waals surface area contributed by atoms with Gasteiger partial charge < -0.3 is 56.9 Å². The second-order valence-electron chi connectivity index (χ2n) is 27.1. The first-order valence-electron chi connectivity index (χ1n) is 30.9. The van der Waals surface area contributed by atoms with Crippen molar-refractivity contribution in [1.29, 1.82) is 0 Å². The van der Waals surface area contributed by atoms with Crippen molar-refractivity contribution in [1.82, 2.24) is 51.5 Å². The Morgan fingerprint density at radius 2 is 1.08 bits per heavy atom. The summed E-state index contributed by atoms with van der Waals surface area (Å²) in [5, 5.41) is 17.9. The molecule has 2 aliphatic carbocycles. The zero-order chi connectivity index (χ0) is 64.3. The Kier molecular flexibility index (Phi) is 23.4. The van der Waals surface area contributed by atoms with Gasteiger partial charge in [0.05, 0.1) is 12.1 Å². The number of rotatable bonds is 21. The van der Waals surface area contributed by atoms with Gasteiger partial charge in [0.1, 0.15) is 47.5 Å². The Morgan fingerprint density at radius 3 is 1.59 bits per heavy atom. The molecule has 6 rings (SSSR count). The maximum absolute atomic E-state index is 14.9. The summed E-state index contributed by atoms with van der Waals surface area (Å²) in [6.07, 6.45) is 4.11. The minimum absolute atomic E-state index is 0.0351. The molecule has 23 heteroatoms. The number of benzene rings is 2. The Labute approximate surface area is 513 Å². The number of fused-ring (bicyclic) bond motifs is 2. The lowest BCUT2D eigenvalue weighted by atomic mass is 9.85. The number of hydrogen-bond acceptors (Lipinski definition) is 13. The van der Waals surface area contributed by atoms with Crippen molar-refractivity contribution in [3.63, 3.8) is 0 Å². The highest BCUT2D eigenvalue weighted by Gasteiger charge is 2.47. The molecule has 0 aromatic heterocycles. The number of likely N-dealkylation sites (tertiary alicyclic amines) is 2. The summed E-state index contributed by atoms with van der Waals surface area (Å²) in [7, 11) is 2.86. The van der Waals surface area contributed by atoms with Gasteiger partial charge in [-0.05, 0) is 154 Å². The monoisotopic (exact) mass is 1210 g/mol. The number of nitrogens with zero attached hydrogens (tertiary/aromatic N) is 4. The average Bonchev–Trinajstić information content (AvgIpc) is 1.90. The van der Waals surface area contributed by atoms with Crippen molar-refractivity contribution in [2.45, 2.75) is 231 Å². The number of ether oxygens (including phenoxy) is 2. The van der Waals surface area contributed by atoms with Crippen LogP contribution in [0.25, 0.3) is 0 Å². The van der Waals surface area contributed by atoms with Crippen molar-refractivity contribution in [3.8, 4) is 0 Å². The van der Waals surface area contributed by atoms with E-state index in [-0.39, 0.29) is 88.5 Å². The third-order valence-corrected chi connectivity index (χ3v) is 16.6. The molecular weight excluding hydrogens is 1110 g/mol. The Hall–Kier alpha value is -7.30. The highest BCUT2D eigenvalue weighted by Crippen LogP contribution is 2.33. The third-order valence-electron chi connectivity index (χ3n) is 16.6. The first-order chi connectivity index (χ1) is 40.7. The van der Waals surface area contributed by atoms with Gasteiger partial charge in [-0.2, -0.15) is 0 Å². The molecule has 2 aromatic rings. The van der Waals surface area contributed by atoms with Crippen molar-refractivity contribution in [2.75, 3.05) is 33.7 Å². The van der Waals surface area contributed by atoms with Crippen LogP contribution in [-0.2, 0) is 60.7 Å². The van der Waals surface area contributed by atoms with Gasteiger partial charge in [0.25, 0.3) is 0 Å². The largest absolute Gasteiger partial charge is 0.444 e. The lowest BCUT2D eigenvalue weighted by Gasteiger charge is -2.37. The molecule has 87 heavy (non-hydrogen) atoms. The van der Waals surface area contributed by atoms with E-state index in [0.717, 1.165) is 64.2 Å². The van der Waals surface area contributed by atoms with E-state index in [1.807, 2.05) is 48.5 Å². The molecule has 4 aliphatic rings. The Morgan fingerprint density at radius 1 is 0.609 bits per heavy atom. The number of nitrogens with one attached hydrogen (secondary N) is 6. The molecule has 0 bridgehead atoms. The molecule has 10 atom stereocenters. The van der Waals surface area contributed by atoms with Gasteiger partial charge in [0.15, 0.2) is 0 Å². The van der Waals surface area contributed by atoms with Crippen LogP contribution in [-0.4, -0.2) is 172 Å². The second kappa shape index (κ2) is 29.6. The second-order valence-corrected chi connectivity index (χ2v) is 27.1. The van der Waals surface area contributed by atoms with Gasteiger partial charge in [-0.25, -0.2) is 9.59 Å². The Bertz CT molecular complexity index is 2830. The zero-order valence-corrected chi connectivity index (χ0v) is 53.5. The SMILES string of the molecule is C[C@@H](C(=O)N[C@@H](CCCNC(=O)CCCC(=O)N[C@H]1C[C@@H](C(=O)N[C@@H]2CCCc3ccccc32)N(C(=O)[C@@H](NC(=O)[C@H](C)N(C)C(=O)OC(C)(C)C)C(C)(C)C)C1)C(=O)N1C[C@@H](N)C[C@H]1C(=O)N[C@@H]1CCCc2ccccc21)N(C)C(=O)OC(C)(C)C. The lowest BCUT2D eigenvalue weighted by Crippen LogP contribution is -2.60. The fourth-order valence-corrected chi connectivity index (χ4v) is 11.6. The van der Waals surface area contributed by atoms with Crippen LogP contribution in [0.4, 0.5) is 9.59 Å². The van der Waals surface area contributed by atoms with Crippen LogP contribution >= 0.6 is 0 Å². The van der Waals surface area contributed by atoms with Crippen LogP contribution in [0.15, 0.2) is 48.5 Å². The summed E-state index contributed by atoms with van der Waals surface area (Å²) in [5.41, 5.74) is 8.24. The predicted molar refractivity (Wildman–Crippen MR) is 327 cm³/mol. The van der Waals surface area contributed by atoms with Gasteiger partial charge in [-0.15, -0.1) is 0 Å². The number of nitrogens with two attached hydrogens (primary N) is 1. The van der Waals surface area contributed by atoms with E-state index < -0.39 is 113 Å². The number of likely N-dealkylation sites (N-methyl/N-ethyl adjacent to an activating group) is 2. The van der Waals surface area contributed by atoms with Crippen LogP contribution in [0.5, 0.6) is 0 Å². The summed E-state index contributed by atoms with van der Waals surface area (Å²) in [5.74, 6) is -3.82. The van der Waals surface area contributed by atoms with Crippen LogP contribution in [0, 0.1) is 5.41 Å². The van der Waals surface area contributed by atoms with E-state index in [9.17, 15) is 47.9 Å². The molecule has 0 radical (unpaired) electrons. The standard InChI is InChI=1S/C64H97N11O12/c1-38(72(12)60(84)86-63(6,7)8)54(78)70-48(58(82)74-36-42(65)34-49(74)56(80)68-46-28-18-24-40-22-14-16-26-44(40)46)30-21-33-66-51(76)31-20-32-52(77)67-43-35-50(57(81)69-47-29-19-25-41-23-15-17-27-45(41)47)75(37-43)59(83)53(62(3,4)5)71-55(79)39(2)73(13)61(85)87-64(9,10)11/h14-17,22-23,26-27,38-39,42-43,46-50,53H,18-21,24-25,28-37,65H2,1-13H3,(H,66,76)(H,67,77)(H,68,80)(H,69,81)(H,70,78)(H,71,79)/t38-,39-,42-,43-,46+,47+,48-,49-,50-,53+/m0/s1.